The van der Waals surface area contributed by atoms with Crippen molar-refractivity contribution in [1.82, 2.24) is 10.2 Å². The molecular weight excluding hydrogens is 432 g/mol. The van der Waals surface area contributed by atoms with Crippen LogP contribution in [-0.2, 0) is 11.3 Å². The minimum absolute atomic E-state index is 0. The van der Waals surface area contributed by atoms with Crippen LogP contribution in [0.25, 0.3) is 0 Å². The Morgan fingerprint density at radius 2 is 1.43 bits per heavy atom. The number of carbonyl (C=O) groups excluding carboxylic acids is 2. The Morgan fingerprint density at radius 3 is 2.06 bits per heavy atom. The van der Waals surface area contributed by atoms with Crippen LogP contribution < -0.4 is 5.32 Å². The number of aryl methyl sites for hydroxylation is 1. The lowest BCUT2D eigenvalue weighted by Crippen LogP contribution is -2.57. The summed E-state index contributed by atoms with van der Waals surface area (Å²) in [5.41, 5.74) is 2.80. The first-order valence-electron chi connectivity index (χ1n) is 13.8. The summed E-state index contributed by atoms with van der Waals surface area (Å²) in [5, 5.41) is 3.20. The molecule has 4 heteroatoms. The van der Waals surface area contributed by atoms with Gasteiger partial charge < -0.3 is 10.2 Å². The summed E-state index contributed by atoms with van der Waals surface area (Å²) in [6.45, 7) is 6.50. The molecule has 0 bridgehead atoms. The second kappa shape index (κ2) is 14.1. The van der Waals surface area contributed by atoms with E-state index >= 15 is 0 Å². The lowest BCUT2D eigenvalue weighted by Gasteiger charge is -2.43. The van der Waals surface area contributed by atoms with E-state index in [0.29, 0.717) is 6.54 Å². The van der Waals surface area contributed by atoms with Crippen molar-refractivity contribution < 1.29 is 11.0 Å². The highest BCUT2D eigenvalue weighted by Gasteiger charge is 2.41. The summed E-state index contributed by atoms with van der Waals surface area (Å²) in [5.74, 6) is 0.271. The van der Waals surface area contributed by atoms with Crippen molar-refractivity contribution in [3.05, 3.63) is 71.3 Å². The molecule has 2 saturated carbocycles. The van der Waals surface area contributed by atoms with Gasteiger partial charge >= 0.3 is 0 Å². The lowest BCUT2D eigenvalue weighted by atomic mass is 9.80. The van der Waals surface area contributed by atoms with Crippen LogP contribution in [-0.4, -0.2) is 28.8 Å². The van der Waals surface area contributed by atoms with E-state index in [0.717, 1.165) is 68.1 Å². The van der Waals surface area contributed by atoms with Crippen LogP contribution in [0.5, 0.6) is 0 Å². The van der Waals surface area contributed by atoms with Gasteiger partial charge in [-0.3, -0.25) is 9.59 Å². The Bertz CT molecular complexity index is 921. The van der Waals surface area contributed by atoms with E-state index in [2.05, 4.69) is 5.32 Å². The summed E-state index contributed by atoms with van der Waals surface area (Å²) in [6.07, 6.45) is 11.0. The third-order valence-corrected chi connectivity index (χ3v) is 7.55. The fraction of sp³-hybridized carbons (Fsp3) is 0.548. The summed E-state index contributed by atoms with van der Waals surface area (Å²) >= 11 is 0. The van der Waals surface area contributed by atoms with Crippen molar-refractivity contribution in [3.8, 4) is 0 Å². The van der Waals surface area contributed by atoms with Crippen LogP contribution >= 0.6 is 0 Å². The van der Waals surface area contributed by atoms with Crippen LogP contribution in [0.4, 0.5) is 0 Å². The van der Waals surface area contributed by atoms with Crippen LogP contribution in [0.15, 0.2) is 54.6 Å². The van der Waals surface area contributed by atoms with Crippen molar-refractivity contribution in [2.75, 3.05) is 0 Å². The fourth-order valence-electron chi connectivity index (χ4n) is 5.74. The first-order valence-corrected chi connectivity index (χ1v) is 13.8. The normalized spacial score (nSPS) is 17.6. The van der Waals surface area contributed by atoms with Gasteiger partial charge in [0.15, 0.2) is 0 Å². The third kappa shape index (κ3) is 7.19. The molecule has 0 saturated heterocycles. The molecule has 0 aromatic heterocycles. The number of benzene rings is 2. The van der Waals surface area contributed by atoms with Gasteiger partial charge in [0.05, 0.1) is 0 Å². The molecule has 4 rings (SSSR count). The molecular formula is C31H46N2O2. The summed E-state index contributed by atoms with van der Waals surface area (Å²) < 4.78 is 0. The maximum absolute atomic E-state index is 14.1. The van der Waals surface area contributed by atoms with Gasteiger partial charge in [0, 0.05) is 19.6 Å². The van der Waals surface area contributed by atoms with E-state index in [1.807, 2.05) is 80.3 Å². The zero-order chi connectivity index (χ0) is 25.0. The second-order valence-corrected chi connectivity index (χ2v) is 9.87. The highest BCUT2D eigenvalue weighted by atomic mass is 16.2. The Labute approximate surface area is 214 Å². The van der Waals surface area contributed by atoms with Gasteiger partial charge in [-0.2, -0.15) is 0 Å². The summed E-state index contributed by atoms with van der Waals surface area (Å²) in [4.78, 5) is 29.9. The minimum Gasteiger partial charge on any atom is -0.350 e. The molecule has 1 atom stereocenters. The van der Waals surface area contributed by atoms with Crippen LogP contribution in [0.3, 0.4) is 0 Å². The summed E-state index contributed by atoms with van der Waals surface area (Å²) in [6, 6.07) is 17.6. The maximum Gasteiger partial charge on any atom is 0.255 e. The number of rotatable bonds is 7. The number of nitrogens with one attached hydrogen (secondary N) is 1. The van der Waals surface area contributed by atoms with Crippen molar-refractivity contribution in [2.24, 2.45) is 5.92 Å². The molecule has 2 aromatic carbocycles. The van der Waals surface area contributed by atoms with Gasteiger partial charge in [0.25, 0.3) is 5.91 Å². The zero-order valence-electron chi connectivity index (χ0n) is 22.0. The topological polar surface area (TPSA) is 49.4 Å². The first-order chi connectivity index (χ1) is 17.1. The van der Waals surface area contributed by atoms with Gasteiger partial charge in [-0.05, 0) is 55.7 Å². The molecule has 0 spiro atoms. The van der Waals surface area contributed by atoms with Crippen molar-refractivity contribution >= 4 is 11.8 Å². The van der Waals surface area contributed by atoms with Gasteiger partial charge in [0.2, 0.25) is 5.91 Å². The molecule has 2 fully saturated rings. The molecule has 35 heavy (non-hydrogen) atoms. The third-order valence-electron chi connectivity index (χ3n) is 7.55. The Morgan fingerprint density at radius 1 is 0.857 bits per heavy atom. The second-order valence-electron chi connectivity index (χ2n) is 9.87. The highest BCUT2D eigenvalue weighted by molar-refractivity contribution is 5.99. The van der Waals surface area contributed by atoms with E-state index in [-0.39, 0.29) is 25.2 Å². The molecule has 1 unspecified atom stereocenters. The largest absolute Gasteiger partial charge is 0.350 e. The Hall–Kier alpha value is -2.62. The van der Waals surface area contributed by atoms with Gasteiger partial charge in [-0.15, -0.1) is 0 Å². The number of amides is 2. The van der Waals surface area contributed by atoms with Gasteiger partial charge in [-0.1, -0.05) is 101 Å². The summed E-state index contributed by atoms with van der Waals surface area (Å²) in [7, 11) is 0. The molecule has 0 aliphatic heterocycles. The van der Waals surface area contributed by atoms with Gasteiger partial charge in [0.1, 0.15) is 6.04 Å². The molecule has 0 radical (unpaired) electrons. The molecule has 2 aliphatic carbocycles. The van der Waals surface area contributed by atoms with Crippen molar-refractivity contribution in [1.29, 1.82) is 0 Å². The van der Waals surface area contributed by atoms with E-state index in [4.69, 9.17) is 0 Å². The number of nitrogens with zero attached hydrogens (tertiary/aromatic N) is 1. The van der Waals surface area contributed by atoms with Gasteiger partial charge in [-0.25, -0.2) is 0 Å². The maximum atomic E-state index is 14.1. The molecule has 2 aliphatic rings. The minimum atomic E-state index is -0.399. The number of hydrogen-bond acceptors (Lipinski definition) is 2. The monoisotopic (exact) mass is 478 g/mol. The van der Waals surface area contributed by atoms with Crippen LogP contribution in [0.1, 0.15) is 101 Å². The van der Waals surface area contributed by atoms with Crippen LogP contribution in [0, 0.1) is 12.8 Å². The predicted octanol–water partition coefficient (Wildman–Crippen LogP) is 7.31. The Balaban J connectivity index is 0.00000148. The van der Waals surface area contributed by atoms with Crippen molar-refractivity contribution in [2.45, 2.75) is 104 Å². The SMILES string of the molecule is CC.Cc1ccccc1C(=O)N(C1CCCCC1)C(C(=O)NCc1ccccc1)C1CCCCC1.[HH]. The van der Waals surface area contributed by atoms with E-state index in [9.17, 15) is 9.59 Å². The number of carbonyl (C=O) groups is 2. The average molecular weight is 479 g/mol. The zero-order valence-corrected chi connectivity index (χ0v) is 22.0. The lowest BCUT2D eigenvalue weighted by molar-refractivity contribution is -0.129. The molecule has 192 valence electrons. The Kier molecular flexibility index (Phi) is 10.8. The average Bonchev–Trinajstić information content (AvgIpc) is 2.93. The number of hydrogen-bond donors (Lipinski definition) is 1. The molecule has 2 aromatic rings. The quantitative estimate of drug-likeness (QED) is 0.454. The smallest absolute Gasteiger partial charge is 0.255 e. The standard InChI is InChI=1S/C29H38N2O2.C2H6.H2/c1-22-13-11-12-20-26(22)29(33)31(25-18-9-4-10-19-25)27(24-16-7-3-8-17-24)28(32)30-21-23-14-5-2-6-15-23;1-2;/h2,5-6,11-15,20,24-25,27H,3-4,7-10,16-19,21H2,1H3,(H,30,32);1-2H3;1H. The van der Waals surface area contributed by atoms with Crippen LogP contribution in [0.2, 0.25) is 0 Å². The van der Waals surface area contributed by atoms with E-state index in [1.165, 1.54) is 12.8 Å². The molecule has 1 N–H and O–H groups in total. The van der Waals surface area contributed by atoms with E-state index < -0.39 is 6.04 Å². The highest BCUT2D eigenvalue weighted by Crippen LogP contribution is 2.34. The molecule has 2 amide bonds. The van der Waals surface area contributed by atoms with Crippen molar-refractivity contribution in [3.63, 3.8) is 0 Å². The predicted molar refractivity (Wildman–Crippen MR) is 146 cm³/mol. The molecule has 4 nitrogen and oxygen atoms in total. The first kappa shape index (κ1) is 27.0. The fourth-order valence-corrected chi connectivity index (χ4v) is 5.74. The molecule has 0 heterocycles. The van der Waals surface area contributed by atoms with E-state index in [1.54, 1.807) is 0 Å².